The Morgan fingerprint density at radius 3 is 2.33 bits per heavy atom. The Labute approximate surface area is 127 Å². The fraction of sp³-hybridized carbons (Fsp3) is 0.882. The van der Waals surface area contributed by atoms with Gasteiger partial charge in [-0.2, -0.15) is 0 Å². The van der Waals surface area contributed by atoms with Crippen LogP contribution in [0, 0.1) is 17.3 Å². The molecule has 0 radical (unpaired) electrons. The van der Waals surface area contributed by atoms with Gasteiger partial charge in [-0.1, -0.05) is 26.7 Å². The summed E-state index contributed by atoms with van der Waals surface area (Å²) in [6.07, 6.45) is 7.73. The Hall–Kier alpha value is -1.06. The third-order valence-electron chi connectivity index (χ3n) is 5.99. The van der Waals surface area contributed by atoms with Gasteiger partial charge in [0.05, 0.1) is 5.92 Å². The van der Waals surface area contributed by atoms with Gasteiger partial charge in [0.2, 0.25) is 5.91 Å². The summed E-state index contributed by atoms with van der Waals surface area (Å²) < 4.78 is 0. The number of aliphatic carboxylic acids is 1. The van der Waals surface area contributed by atoms with Gasteiger partial charge in [0.25, 0.3) is 0 Å². The van der Waals surface area contributed by atoms with E-state index in [0.29, 0.717) is 18.3 Å². The molecule has 1 saturated heterocycles. The number of carbonyl (C=O) groups excluding carboxylic acids is 1. The molecular formula is C17H29NO3. The highest BCUT2D eigenvalue weighted by Gasteiger charge is 2.37. The predicted octanol–water partition coefficient (Wildman–Crippen LogP) is 3.31. The molecule has 0 bridgehead atoms. The summed E-state index contributed by atoms with van der Waals surface area (Å²) in [4.78, 5) is 25.7. The van der Waals surface area contributed by atoms with Crippen molar-refractivity contribution in [1.29, 1.82) is 0 Å². The summed E-state index contributed by atoms with van der Waals surface area (Å²) in [5, 5.41) is 9.08. The van der Waals surface area contributed by atoms with E-state index in [0.717, 1.165) is 32.4 Å². The standard InChI is InChI=1S/C17H29NO3/c1-3-17(4-2)8-5-10-18(11-9-17)15(19)13-6-7-14(12-13)16(20)21/h13-14H,3-12H2,1-2H3,(H,20,21)/t13-,14+/m1/s1. The molecule has 120 valence electrons. The van der Waals surface area contributed by atoms with Crippen molar-refractivity contribution in [2.24, 2.45) is 17.3 Å². The van der Waals surface area contributed by atoms with Crippen molar-refractivity contribution >= 4 is 11.9 Å². The summed E-state index contributed by atoms with van der Waals surface area (Å²) in [6.45, 7) is 6.23. The van der Waals surface area contributed by atoms with E-state index in [1.807, 2.05) is 4.90 Å². The summed E-state index contributed by atoms with van der Waals surface area (Å²) in [6, 6.07) is 0. The van der Waals surface area contributed by atoms with Crippen LogP contribution in [-0.2, 0) is 9.59 Å². The SMILES string of the molecule is CCC1(CC)CCCN(C(=O)[C@@H]2CC[C@H](C(=O)O)C2)CC1. The molecule has 0 aromatic carbocycles. The molecule has 1 N–H and O–H groups in total. The molecular weight excluding hydrogens is 266 g/mol. The van der Waals surface area contributed by atoms with Crippen LogP contribution in [0.3, 0.4) is 0 Å². The topological polar surface area (TPSA) is 57.6 Å². The number of carboxylic acids is 1. The number of nitrogens with zero attached hydrogens (tertiary/aromatic N) is 1. The summed E-state index contributed by atoms with van der Waals surface area (Å²) in [7, 11) is 0. The van der Waals surface area contributed by atoms with Crippen molar-refractivity contribution < 1.29 is 14.7 Å². The molecule has 2 atom stereocenters. The van der Waals surface area contributed by atoms with Gasteiger partial charge in [-0.25, -0.2) is 0 Å². The van der Waals surface area contributed by atoms with Crippen molar-refractivity contribution in [2.75, 3.05) is 13.1 Å². The van der Waals surface area contributed by atoms with Crippen LogP contribution in [0.1, 0.15) is 65.2 Å². The third-order valence-corrected chi connectivity index (χ3v) is 5.99. The zero-order chi connectivity index (χ0) is 15.5. The van der Waals surface area contributed by atoms with E-state index in [4.69, 9.17) is 5.11 Å². The lowest BCUT2D eigenvalue weighted by Crippen LogP contribution is -2.36. The van der Waals surface area contributed by atoms with Gasteiger partial charge in [0.1, 0.15) is 0 Å². The van der Waals surface area contributed by atoms with Crippen LogP contribution in [0.25, 0.3) is 0 Å². The minimum Gasteiger partial charge on any atom is -0.481 e. The fourth-order valence-electron chi connectivity index (χ4n) is 4.12. The first-order chi connectivity index (χ1) is 10.0. The molecule has 0 aromatic rings. The second kappa shape index (κ2) is 6.80. The van der Waals surface area contributed by atoms with Crippen LogP contribution in [0.2, 0.25) is 0 Å². The van der Waals surface area contributed by atoms with Gasteiger partial charge in [-0.15, -0.1) is 0 Å². The average molecular weight is 295 g/mol. The Balaban J connectivity index is 1.93. The number of carboxylic acid groups (broad SMARTS) is 1. The Morgan fingerprint density at radius 2 is 1.76 bits per heavy atom. The van der Waals surface area contributed by atoms with E-state index in [9.17, 15) is 9.59 Å². The molecule has 1 saturated carbocycles. The molecule has 1 aliphatic carbocycles. The molecule has 1 amide bonds. The van der Waals surface area contributed by atoms with Crippen LogP contribution in [0.5, 0.6) is 0 Å². The third kappa shape index (κ3) is 3.58. The number of amides is 1. The van der Waals surface area contributed by atoms with Gasteiger partial charge >= 0.3 is 5.97 Å². The number of likely N-dealkylation sites (tertiary alicyclic amines) is 1. The quantitative estimate of drug-likeness (QED) is 0.865. The molecule has 2 rings (SSSR count). The minimum absolute atomic E-state index is 0.0538. The maximum atomic E-state index is 12.6. The molecule has 4 nitrogen and oxygen atoms in total. The van der Waals surface area contributed by atoms with E-state index in [1.54, 1.807) is 0 Å². The van der Waals surface area contributed by atoms with Crippen LogP contribution in [0.15, 0.2) is 0 Å². The van der Waals surface area contributed by atoms with Gasteiger partial charge in [0.15, 0.2) is 0 Å². The fourth-order valence-corrected chi connectivity index (χ4v) is 4.12. The lowest BCUT2D eigenvalue weighted by Gasteiger charge is -2.30. The van der Waals surface area contributed by atoms with Crippen LogP contribution < -0.4 is 0 Å². The number of carbonyl (C=O) groups is 2. The van der Waals surface area contributed by atoms with Crippen molar-refractivity contribution in [3.8, 4) is 0 Å². The monoisotopic (exact) mass is 295 g/mol. The van der Waals surface area contributed by atoms with Gasteiger partial charge in [-0.05, 0) is 43.9 Å². The lowest BCUT2D eigenvalue weighted by atomic mass is 9.76. The average Bonchev–Trinajstić information content (AvgIpc) is 2.88. The molecule has 1 aliphatic heterocycles. The Bertz CT molecular complexity index is 389. The lowest BCUT2D eigenvalue weighted by molar-refractivity contribution is -0.141. The highest BCUT2D eigenvalue weighted by Crippen LogP contribution is 2.39. The maximum Gasteiger partial charge on any atom is 0.306 e. The van der Waals surface area contributed by atoms with Gasteiger partial charge in [0, 0.05) is 19.0 Å². The second-order valence-corrected chi connectivity index (χ2v) is 6.93. The van der Waals surface area contributed by atoms with Crippen molar-refractivity contribution in [1.82, 2.24) is 4.90 Å². The number of rotatable bonds is 4. The predicted molar refractivity (Wildman–Crippen MR) is 81.9 cm³/mol. The molecule has 0 aromatic heterocycles. The van der Waals surface area contributed by atoms with Crippen molar-refractivity contribution in [3.05, 3.63) is 0 Å². The van der Waals surface area contributed by atoms with E-state index in [2.05, 4.69) is 13.8 Å². The summed E-state index contributed by atoms with van der Waals surface area (Å²) in [5.41, 5.74) is 0.411. The summed E-state index contributed by atoms with van der Waals surface area (Å²) >= 11 is 0. The van der Waals surface area contributed by atoms with E-state index < -0.39 is 5.97 Å². The van der Waals surface area contributed by atoms with E-state index >= 15 is 0 Å². The van der Waals surface area contributed by atoms with Crippen LogP contribution >= 0.6 is 0 Å². The molecule has 21 heavy (non-hydrogen) atoms. The van der Waals surface area contributed by atoms with Crippen LogP contribution in [-0.4, -0.2) is 35.0 Å². The second-order valence-electron chi connectivity index (χ2n) is 6.93. The van der Waals surface area contributed by atoms with E-state index in [1.165, 1.54) is 19.3 Å². The molecule has 4 heteroatoms. The summed E-state index contributed by atoms with van der Waals surface area (Å²) in [5.74, 6) is -0.892. The molecule has 0 unspecified atom stereocenters. The molecule has 0 spiro atoms. The van der Waals surface area contributed by atoms with Crippen molar-refractivity contribution in [2.45, 2.75) is 65.2 Å². The zero-order valence-corrected chi connectivity index (χ0v) is 13.4. The van der Waals surface area contributed by atoms with Crippen LogP contribution in [0.4, 0.5) is 0 Å². The van der Waals surface area contributed by atoms with Gasteiger partial charge < -0.3 is 10.0 Å². The highest BCUT2D eigenvalue weighted by atomic mass is 16.4. The largest absolute Gasteiger partial charge is 0.481 e. The number of hydrogen-bond acceptors (Lipinski definition) is 2. The van der Waals surface area contributed by atoms with Gasteiger partial charge in [-0.3, -0.25) is 9.59 Å². The first kappa shape index (κ1) is 16.3. The molecule has 1 heterocycles. The molecule has 2 aliphatic rings. The minimum atomic E-state index is -0.739. The Morgan fingerprint density at radius 1 is 1.10 bits per heavy atom. The molecule has 2 fully saturated rings. The number of hydrogen-bond donors (Lipinski definition) is 1. The Kier molecular flexibility index (Phi) is 5.28. The van der Waals surface area contributed by atoms with E-state index in [-0.39, 0.29) is 17.7 Å². The first-order valence-corrected chi connectivity index (χ1v) is 8.53. The normalized spacial score (nSPS) is 29.1. The highest BCUT2D eigenvalue weighted by molar-refractivity contribution is 5.81. The first-order valence-electron chi connectivity index (χ1n) is 8.53. The zero-order valence-electron chi connectivity index (χ0n) is 13.4. The van der Waals surface area contributed by atoms with Crippen molar-refractivity contribution in [3.63, 3.8) is 0 Å². The maximum absolute atomic E-state index is 12.6. The smallest absolute Gasteiger partial charge is 0.306 e.